The van der Waals surface area contributed by atoms with Gasteiger partial charge >= 0.3 is 0 Å². The summed E-state index contributed by atoms with van der Waals surface area (Å²) >= 11 is 0. The molecule has 0 unspecified atom stereocenters. The van der Waals surface area contributed by atoms with Crippen molar-refractivity contribution in [3.8, 4) is 0 Å². The maximum Gasteiger partial charge on any atom is 0.0300 e. The molecule has 0 bridgehead atoms. The van der Waals surface area contributed by atoms with E-state index in [1.165, 1.54) is 11.3 Å². The van der Waals surface area contributed by atoms with E-state index < -0.39 is 0 Å². The van der Waals surface area contributed by atoms with Crippen LogP contribution in [0.1, 0.15) is 6.42 Å². The van der Waals surface area contributed by atoms with Gasteiger partial charge in [-0.1, -0.05) is 24.3 Å². The average molecular weight is 121 g/mol. The van der Waals surface area contributed by atoms with Crippen molar-refractivity contribution in [2.45, 2.75) is 6.42 Å². The van der Waals surface area contributed by atoms with Crippen molar-refractivity contribution in [2.75, 3.05) is 7.05 Å². The molecule has 0 aromatic carbocycles. The van der Waals surface area contributed by atoms with Gasteiger partial charge in [0.2, 0.25) is 0 Å². The van der Waals surface area contributed by atoms with Crippen LogP contribution in [-0.2, 0) is 0 Å². The molecule has 0 fully saturated rings. The van der Waals surface area contributed by atoms with Gasteiger partial charge in [0, 0.05) is 12.7 Å². The van der Waals surface area contributed by atoms with Gasteiger partial charge in [-0.15, -0.1) is 0 Å². The first-order valence-electron chi connectivity index (χ1n) is 3.06. The highest BCUT2D eigenvalue weighted by Gasteiger charge is 1.94. The summed E-state index contributed by atoms with van der Waals surface area (Å²) in [6.07, 6.45) is 7.17. The predicted molar refractivity (Wildman–Crippen MR) is 40.0 cm³/mol. The van der Waals surface area contributed by atoms with E-state index in [0.29, 0.717) is 0 Å². The Morgan fingerprint density at radius 1 is 1.56 bits per heavy atom. The van der Waals surface area contributed by atoms with Crippen molar-refractivity contribution in [3.05, 3.63) is 36.1 Å². The molecule has 1 heteroatoms. The second-order valence-electron chi connectivity index (χ2n) is 2.11. The molecule has 1 rings (SSSR count). The minimum atomic E-state index is 0.979. The third-order valence-electron chi connectivity index (χ3n) is 1.37. The first kappa shape index (κ1) is 6.14. The number of rotatable bonds is 1. The van der Waals surface area contributed by atoms with E-state index in [9.17, 15) is 0 Å². The second-order valence-corrected chi connectivity index (χ2v) is 2.11. The molecule has 0 aliphatic heterocycles. The molecule has 0 saturated heterocycles. The van der Waals surface area contributed by atoms with E-state index in [-0.39, 0.29) is 0 Å². The van der Waals surface area contributed by atoms with Crippen molar-refractivity contribution in [1.82, 2.24) is 5.32 Å². The second kappa shape index (κ2) is 2.53. The summed E-state index contributed by atoms with van der Waals surface area (Å²) in [5, 5.41) is 3.06. The summed E-state index contributed by atoms with van der Waals surface area (Å²) in [5.74, 6) is 0. The monoisotopic (exact) mass is 121 g/mol. The fourth-order valence-corrected chi connectivity index (χ4v) is 0.770. The van der Waals surface area contributed by atoms with Crippen LogP contribution < -0.4 is 5.32 Å². The third kappa shape index (κ3) is 1.46. The van der Waals surface area contributed by atoms with Crippen LogP contribution in [0.15, 0.2) is 36.1 Å². The van der Waals surface area contributed by atoms with Gasteiger partial charge in [-0.05, 0) is 12.5 Å². The smallest absolute Gasteiger partial charge is 0.0300 e. The molecule has 0 heterocycles. The Hall–Kier alpha value is -0.980. The lowest BCUT2D eigenvalue weighted by molar-refractivity contribution is 1.00. The normalized spacial score (nSPS) is 17.4. The highest BCUT2D eigenvalue weighted by molar-refractivity contribution is 5.32. The standard InChI is InChI=1S/C8H11N/c1-7-3-5-8(9-2)6-4-7/h3,5-6,9H,1,4H2,2H3. The molecule has 0 amide bonds. The zero-order valence-electron chi connectivity index (χ0n) is 5.65. The Morgan fingerprint density at radius 3 is 2.78 bits per heavy atom. The molecular weight excluding hydrogens is 110 g/mol. The first-order chi connectivity index (χ1) is 4.33. The molecule has 9 heavy (non-hydrogen) atoms. The van der Waals surface area contributed by atoms with Crippen LogP contribution in [-0.4, -0.2) is 7.05 Å². The minimum absolute atomic E-state index is 0.979. The maximum atomic E-state index is 3.82. The van der Waals surface area contributed by atoms with Crippen molar-refractivity contribution in [1.29, 1.82) is 0 Å². The van der Waals surface area contributed by atoms with E-state index in [2.05, 4.69) is 18.0 Å². The Labute approximate surface area is 55.8 Å². The van der Waals surface area contributed by atoms with Gasteiger partial charge < -0.3 is 5.32 Å². The van der Waals surface area contributed by atoms with Crippen LogP contribution in [0.3, 0.4) is 0 Å². The lowest BCUT2D eigenvalue weighted by Gasteiger charge is -2.06. The van der Waals surface area contributed by atoms with Gasteiger partial charge in [-0.3, -0.25) is 0 Å². The summed E-state index contributed by atoms with van der Waals surface area (Å²) in [7, 11) is 1.92. The third-order valence-corrected chi connectivity index (χ3v) is 1.37. The van der Waals surface area contributed by atoms with Crippen LogP contribution in [0, 0.1) is 0 Å². The minimum Gasteiger partial charge on any atom is -0.388 e. The summed E-state index contributed by atoms with van der Waals surface area (Å²) in [4.78, 5) is 0. The van der Waals surface area contributed by atoms with Crippen molar-refractivity contribution in [3.63, 3.8) is 0 Å². The Morgan fingerprint density at radius 2 is 2.33 bits per heavy atom. The fraction of sp³-hybridized carbons (Fsp3) is 0.250. The van der Waals surface area contributed by atoms with E-state index in [1.54, 1.807) is 0 Å². The lowest BCUT2D eigenvalue weighted by Crippen LogP contribution is -2.04. The maximum absolute atomic E-state index is 3.82. The Balaban J connectivity index is 2.63. The van der Waals surface area contributed by atoms with Gasteiger partial charge in [-0.25, -0.2) is 0 Å². The molecular formula is C8H11N. The summed E-state index contributed by atoms with van der Waals surface area (Å²) < 4.78 is 0. The van der Waals surface area contributed by atoms with E-state index in [4.69, 9.17) is 0 Å². The van der Waals surface area contributed by atoms with E-state index >= 15 is 0 Å². The summed E-state index contributed by atoms with van der Waals surface area (Å²) in [6.45, 7) is 3.82. The number of hydrogen-bond donors (Lipinski definition) is 1. The zero-order valence-corrected chi connectivity index (χ0v) is 5.65. The molecule has 1 aliphatic rings. The molecule has 0 aromatic heterocycles. The average Bonchev–Trinajstić information content (AvgIpc) is 1.90. The van der Waals surface area contributed by atoms with Crippen LogP contribution in [0.2, 0.25) is 0 Å². The number of nitrogens with one attached hydrogen (secondary N) is 1. The Kier molecular flexibility index (Phi) is 1.73. The van der Waals surface area contributed by atoms with E-state index in [0.717, 1.165) is 6.42 Å². The Bertz CT molecular complexity index is 175. The predicted octanol–water partition coefficient (Wildman–Crippen LogP) is 1.61. The quantitative estimate of drug-likeness (QED) is 0.555. The molecule has 0 spiro atoms. The van der Waals surface area contributed by atoms with Gasteiger partial charge in [0.1, 0.15) is 0 Å². The van der Waals surface area contributed by atoms with Crippen LogP contribution in [0.5, 0.6) is 0 Å². The fourth-order valence-electron chi connectivity index (χ4n) is 0.770. The van der Waals surface area contributed by atoms with Crippen molar-refractivity contribution < 1.29 is 0 Å². The van der Waals surface area contributed by atoms with Crippen LogP contribution in [0.4, 0.5) is 0 Å². The molecule has 1 aliphatic carbocycles. The van der Waals surface area contributed by atoms with Gasteiger partial charge in [0.25, 0.3) is 0 Å². The largest absolute Gasteiger partial charge is 0.388 e. The van der Waals surface area contributed by atoms with Crippen molar-refractivity contribution in [2.24, 2.45) is 0 Å². The highest BCUT2D eigenvalue weighted by Crippen LogP contribution is 2.10. The molecule has 48 valence electrons. The van der Waals surface area contributed by atoms with Crippen LogP contribution >= 0.6 is 0 Å². The number of hydrogen-bond acceptors (Lipinski definition) is 1. The zero-order chi connectivity index (χ0) is 6.69. The first-order valence-corrected chi connectivity index (χ1v) is 3.06. The molecule has 0 aromatic rings. The number of likely N-dealkylation sites (N-methyl/N-ethyl adjacent to an activating group) is 1. The SMILES string of the molecule is C=C1C=CC(NC)=CC1. The van der Waals surface area contributed by atoms with E-state index in [1.807, 2.05) is 19.2 Å². The van der Waals surface area contributed by atoms with Gasteiger partial charge in [0.05, 0.1) is 0 Å². The lowest BCUT2D eigenvalue weighted by atomic mass is 10.1. The van der Waals surface area contributed by atoms with Gasteiger partial charge in [-0.2, -0.15) is 0 Å². The molecule has 1 N–H and O–H groups in total. The summed E-state index contributed by atoms with van der Waals surface area (Å²) in [5.41, 5.74) is 2.36. The van der Waals surface area contributed by atoms with Crippen LogP contribution in [0.25, 0.3) is 0 Å². The van der Waals surface area contributed by atoms with Crippen molar-refractivity contribution >= 4 is 0 Å². The van der Waals surface area contributed by atoms with Gasteiger partial charge in [0.15, 0.2) is 0 Å². The topological polar surface area (TPSA) is 12.0 Å². The molecule has 0 saturated carbocycles. The highest BCUT2D eigenvalue weighted by atomic mass is 14.8. The molecule has 1 nitrogen and oxygen atoms in total. The molecule has 0 atom stereocenters. The number of allylic oxidation sites excluding steroid dienone is 4. The molecule has 0 radical (unpaired) electrons. The summed E-state index contributed by atoms with van der Waals surface area (Å²) in [6, 6.07) is 0.